The molecule has 0 saturated carbocycles. The third-order valence-electron chi connectivity index (χ3n) is 5.72. The molecule has 2 aromatic rings. The summed E-state index contributed by atoms with van der Waals surface area (Å²) in [5, 5.41) is 11.1. The first-order chi connectivity index (χ1) is 13.7. The van der Waals surface area contributed by atoms with Gasteiger partial charge in [0.15, 0.2) is 0 Å². The molecule has 2 aliphatic rings. The first-order valence-electron chi connectivity index (χ1n) is 9.91. The van der Waals surface area contributed by atoms with E-state index in [1.807, 2.05) is 38.1 Å². The lowest BCUT2D eigenvalue weighted by molar-refractivity contribution is -0.164. The second-order valence-electron chi connectivity index (χ2n) is 7.34. The Morgan fingerprint density at radius 3 is 2.89 bits per heavy atom. The van der Waals surface area contributed by atoms with Gasteiger partial charge in [-0.05, 0) is 31.0 Å². The van der Waals surface area contributed by atoms with E-state index in [4.69, 9.17) is 14.5 Å². The van der Waals surface area contributed by atoms with Crippen LogP contribution in [0.2, 0.25) is 0 Å². The molecule has 6 nitrogen and oxygen atoms in total. The van der Waals surface area contributed by atoms with Crippen molar-refractivity contribution in [1.29, 1.82) is 0 Å². The van der Waals surface area contributed by atoms with Crippen molar-refractivity contribution in [3.63, 3.8) is 0 Å². The van der Waals surface area contributed by atoms with Crippen molar-refractivity contribution < 1.29 is 19.4 Å². The lowest BCUT2D eigenvalue weighted by Gasteiger charge is -2.37. The Morgan fingerprint density at radius 2 is 2.14 bits per heavy atom. The van der Waals surface area contributed by atoms with E-state index in [0.717, 1.165) is 28.6 Å². The Labute approximate surface area is 164 Å². The zero-order valence-corrected chi connectivity index (χ0v) is 16.3. The fourth-order valence-corrected chi connectivity index (χ4v) is 4.24. The molecule has 3 atom stereocenters. The number of aliphatic hydroxyl groups is 1. The van der Waals surface area contributed by atoms with Crippen LogP contribution in [-0.4, -0.2) is 40.4 Å². The molecule has 3 heterocycles. The molecular formula is C22H26N2O4. The number of hydrogen-bond acceptors (Lipinski definition) is 5. The number of benzene rings is 1. The zero-order valence-electron chi connectivity index (χ0n) is 16.3. The highest BCUT2D eigenvalue weighted by molar-refractivity contribution is 5.94. The Bertz CT molecular complexity index is 866. The quantitative estimate of drug-likeness (QED) is 0.861. The minimum atomic E-state index is -0.425. The summed E-state index contributed by atoms with van der Waals surface area (Å²) in [7, 11) is 0. The van der Waals surface area contributed by atoms with Gasteiger partial charge in [-0.1, -0.05) is 25.1 Å². The Morgan fingerprint density at radius 1 is 1.32 bits per heavy atom. The molecule has 1 aromatic carbocycles. The molecule has 28 heavy (non-hydrogen) atoms. The maximum absolute atomic E-state index is 13.3. The summed E-state index contributed by atoms with van der Waals surface area (Å²) in [4.78, 5) is 19.8. The van der Waals surface area contributed by atoms with Gasteiger partial charge in [-0.3, -0.25) is 9.78 Å². The number of carbonyl (C=O) groups excluding carboxylic acids is 1. The fraction of sp³-hybridized carbons (Fsp3) is 0.455. The number of fused-ring (bicyclic) bond motifs is 2. The number of amides is 1. The van der Waals surface area contributed by atoms with Gasteiger partial charge in [-0.2, -0.15) is 0 Å². The van der Waals surface area contributed by atoms with Gasteiger partial charge < -0.3 is 19.5 Å². The van der Waals surface area contributed by atoms with Crippen molar-refractivity contribution in [3.8, 4) is 0 Å². The fourth-order valence-electron chi connectivity index (χ4n) is 4.24. The highest BCUT2D eigenvalue weighted by Crippen LogP contribution is 2.36. The summed E-state index contributed by atoms with van der Waals surface area (Å²) in [5.41, 5.74) is 3.46. The topological polar surface area (TPSA) is 71.9 Å². The Kier molecular flexibility index (Phi) is 5.33. The van der Waals surface area contributed by atoms with E-state index in [-0.39, 0.29) is 24.3 Å². The Balaban J connectivity index is 1.57. The molecule has 0 saturated heterocycles. The number of aromatic nitrogens is 1. The molecule has 0 aliphatic carbocycles. The molecule has 0 fully saturated rings. The molecule has 6 heteroatoms. The highest BCUT2D eigenvalue weighted by Gasteiger charge is 2.40. The first-order valence-corrected chi connectivity index (χ1v) is 9.91. The number of aliphatic hydroxyl groups excluding tert-OH is 1. The summed E-state index contributed by atoms with van der Waals surface area (Å²) in [6.45, 7) is 5.35. The van der Waals surface area contributed by atoms with Crippen LogP contribution < -0.4 is 0 Å². The molecule has 2 aliphatic heterocycles. The number of ether oxygens (including phenoxy) is 2. The van der Waals surface area contributed by atoms with E-state index in [1.54, 1.807) is 4.90 Å². The van der Waals surface area contributed by atoms with Crippen molar-refractivity contribution in [3.05, 3.63) is 53.4 Å². The monoisotopic (exact) mass is 382 g/mol. The molecule has 1 N–H and O–H groups in total. The van der Waals surface area contributed by atoms with Crippen LogP contribution in [0.1, 0.15) is 31.5 Å². The SMILES string of the molecule is CCOC1OC=C(C(=O)N2Cc3cc4ccccc4nc3C2)C(CO)C1CC. The highest BCUT2D eigenvalue weighted by atomic mass is 16.7. The van der Waals surface area contributed by atoms with Crippen LogP contribution in [0.15, 0.2) is 42.2 Å². The number of carbonyl (C=O) groups is 1. The third-order valence-corrected chi connectivity index (χ3v) is 5.72. The van der Waals surface area contributed by atoms with Gasteiger partial charge in [0.1, 0.15) is 0 Å². The molecule has 0 bridgehead atoms. The standard InChI is InChI=1S/C22H26N2O4/c1-3-16-17(12-25)18(13-28-22(16)27-4-2)21(26)24-10-15-9-14-7-5-6-8-19(14)23-20(15)11-24/h5-9,13,16-17,22,25H,3-4,10-12H2,1-2H3. The van der Waals surface area contributed by atoms with Crippen LogP contribution in [0.3, 0.4) is 0 Å². The summed E-state index contributed by atoms with van der Waals surface area (Å²) < 4.78 is 11.4. The predicted molar refractivity (Wildman–Crippen MR) is 105 cm³/mol. The van der Waals surface area contributed by atoms with E-state index >= 15 is 0 Å². The van der Waals surface area contributed by atoms with Gasteiger partial charge in [0.25, 0.3) is 5.91 Å². The molecule has 0 radical (unpaired) electrons. The van der Waals surface area contributed by atoms with E-state index < -0.39 is 6.29 Å². The molecular weight excluding hydrogens is 356 g/mol. The minimum absolute atomic E-state index is 0.0559. The van der Waals surface area contributed by atoms with Gasteiger partial charge >= 0.3 is 0 Å². The minimum Gasteiger partial charge on any atom is -0.472 e. The number of para-hydroxylation sites is 1. The maximum atomic E-state index is 13.3. The van der Waals surface area contributed by atoms with Gasteiger partial charge in [0.2, 0.25) is 6.29 Å². The van der Waals surface area contributed by atoms with E-state index in [9.17, 15) is 9.90 Å². The first kappa shape index (κ1) is 18.9. The molecule has 148 valence electrons. The van der Waals surface area contributed by atoms with Crippen LogP contribution in [-0.2, 0) is 27.4 Å². The van der Waals surface area contributed by atoms with Crippen molar-refractivity contribution in [2.24, 2.45) is 11.8 Å². The Hall–Kier alpha value is -2.44. The van der Waals surface area contributed by atoms with Crippen LogP contribution in [0.25, 0.3) is 10.9 Å². The molecule has 0 spiro atoms. The van der Waals surface area contributed by atoms with Gasteiger partial charge in [0, 0.05) is 30.4 Å². The summed E-state index contributed by atoms with van der Waals surface area (Å²) in [6, 6.07) is 10.1. The van der Waals surface area contributed by atoms with Gasteiger partial charge in [-0.25, -0.2) is 0 Å². The average molecular weight is 382 g/mol. The maximum Gasteiger partial charge on any atom is 0.253 e. The average Bonchev–Trinajstić information content (AvgIpc) is 3.14. The van der Waals surface area contributed by atoms with Crippen molar-refractivity contribution >= 4 is 16.8 Å². The van der Waals surface area contributed by atoms with E-state index in [2.05, 4.69) is 6.07 Å². The lowest BCUT2D eigenvalue weighted by Crippen LogP contribution is -2.42. The van der Waals surface area contributed by atoms with Crippen LogP contribution in [0.5, 0.6) is 0 Å². The van der Waals surface area contributed by atoms with E-state index in [1.165, 1.54) is 6.26 Å². The molecule has 1 amide bonds. The molecule has 3 unspecified atom stereocenters. The summed E-state index contributed by atoms with van der Waals surface area (Å²) in [6.07, 6.45) is 1.82. The smallest absolute Gasteiger partial charge is 0.253 e. The summed E-state index contributed by atoms with van der Waals surface area (Å²) >= 11 is 0. The van der Waals surface area contributed by atoms with Crippen LogP contribution in [0.4, 0.5) is 0 Å². The third kappa shape index (κ3) is 3.27. The zero-order chi connectivity index (χ0) is 19.7. The van der Waals surface area contributed by atoms with Crippen molar-refractivity contribution in [2.45, 2.75) is 39.6 Å². The number of rotatable bonds is 5. The van der Waals surface area contributed by atoms with E-state index in [0.29, 0.717) is 25.3 Å². The van der Waals surface area contributed by atoms with Crippen LogP contribution >= 0.6 is 0 Å². The summed E-state index contributed by atoms with van der Waals surface area (Å²) in [5.74, 6) is -0.451. The second-order valence-corrected chi connectivity index (χ2v) is 7.34. The second kappa shape index (κ2) is 7.89. The van der Waals surface area contributed by atoms with Crippen molar-refractivity contribution in [1.82, 2.24) is 9.88 Å². The number of nitrogens with zero attached hydrogens (tertiary/aromatic N) is 2. The molecule has 4 rings (SSSR count). The normalized spacial score (nSPS) is 24.0. The molecule has 1 aromatic heterocycles. The number of pyridine rings is 1. The largest absolute Gasteiger partial charge is 0.472 e. The van der Waals surface area contributed by atoms with Gasteiger partial charge in [0.05, 0.1) is 36.2 Å². The van der Waals surface area contributed by atoms with Crippen molar-refractivity contribution in [2.75, 3.05) is 13.2 Å². The van der Waals surface area contributed by atoms with Crippen LogP contribution in [0, 0.1) is 11.8 Å². The predicted octanol–water partition coefficient (Wildman–Crippen LogP) is 2.99. The van der Waals surface area contributed by atoms with Gasteiger partial charge in [-0.15, -0.1) is 0 Å². The number of hydrogen-bond donors (Lipinski definition) is 1. The lowest BCUT2D eigenvalue weighted by atomic mass is 9.82.